The quantitative estimate of drug-likeness (QED) is 0.873. The van der Waals surface area contributed by atoms with Gasteiger partial charge in [-0.25, -0.2) is 14.8 Å². The van der Waals surface area contributed by atoms with E-state index in [-0.39, 0.29) is 11.6 Å². The summed E-state index contributed by atoms with van der Waals surface area (Å²) < 4.78 is 0. The molecule has 5 nitrogen and oxygen atoms in total. The van der Waals surface area contributed by atoms with E-state index in [2.05, 4.69) is 22.1 Å². The summed E-state index contributed by atoms with van der Waals surface area (Å²) in [5.74, 6) is -1.11. The SMILES string of the molecule is Nc1nc(C(=O)O)cc(-c2ccc3c(c2)CCCC3)n1. The molecule has 102 valence electrons. The van der Waals surface area contributed by atoms with Crippen molar-refractivity contribution >= 4 is 11.9 Å². The van der Waals surface area contributed by atoms with Crippen LogP contribution in [0.15, 0.2) is 24.3 Å². The number of carboxylic acid groups (broad SMARTS) is 1. The number of hydrogen-bond donors (Lipinski definition) is 2. The number of nitrogens with zero attached hydrogens (tertiary/aromatic N) is 2. The van der Waals surface area contributed by atoms with Gasteiger partial charge in [-0.05, 0) is 48.9 Å². The first-order chi connectivity index (χ1) is 9.63. The summed E-state index contributed by atoms with van der Waals surface area (Å²) in [6, 6.07) is 7.62. The zero-order chi connectivity index (χ0) is 14.1. The fourth-order valence-electron chi connectivity index (χ4n) is 2.62. The van der Waals surface area contributed by atoms with Crippen molar-refractivity contribution in [3.63, 3.8) is 0 Å². The summed E-state index contributed by atoms with van der Waals surface area (Å²) in [5, 5.41) is 9.03. The average molecular weight is 269 g/mol. The van der Waals surface area contributed by atoms with E-state index in [0.717, 1.165) is 18.4 Å². The van der Waals surface area contributed by atoms with Crippen molar-refractivity contribution in [1.29, 1.82) is 0 Å². The number of rotatable bonds is 2. The van der Waals surface area contributed by atoms with Crippen LogP contribution in [0.5, 0.6) is 0 Å². The van der Waals surface area contributed by atoms with Crippen molar-refractivity contribution in [3.8, 4) is 11.3 Å². The van der Waals surface area contributed by atoms with E-state index < -0.39 is 5.97 Å². The van der Waals surface area contributed by atoms with Gasteiger partial charge in [0.25, 0.3) is 0 Å². The molecule has 3 N–H and O–H groups in total. The molecule has 0 saturated heterocycles. The number of fused-ring (bicyclic) bond motifs is 1. The smallest absolute Gasteiger partial charge is 0.354 e. The molecule has 0 saturated carbocycles. The predicted octanol–water partition coefficient (Wildman–Crippen LogP) is 2.30. The Morgan fingerprint density at radius 2 is 1.85 bits per heavy atom. The van der Waals surface area contributed by atoms with Crippen molar-refractivity contribution in [2.75, 3.05) is 5.73 Å². The van der Waals surface area contributed by atoms with Crippen LogP contribution in [0, 0.1) is 0 Å². The molecule has 0 fully saturated rings. The first-order valence-corrected chi connectivity index (χ1v) is 6.63. The molecule has 1 heterocycles. The third-order valence-corrected chi connectivity index (χ3v) is 3.61. The van der Waals surface area contributed by atoms with E-state index in [0.29, 0.717) is 5.69 Å². The van der Waals surface area contributed by atoms with Gasteiger partial charge in [0.1, 0.15) is 0 Å². The Balaban J connectivity index is 2.06. The summed E-state index contributed by atoms with van der Waals surface area (Å²) >= 11 is 0. The predicted molar refractivity (Wildman–Crippen MR) is 75.5 cm³/mol. The van der Waals surface area contributed by atoms with Gasteiger partial charge >= 0.3 is 5.97 Å². The Bertz CT molecular complexity index is 683. The van der Waals surface area contributed by atoms with Crippen LogP contribution in [0.25, 0.3) is 11.3 Å². The van der Waals surface area contributed by atoms with Gasteiger partial charge in [-0.2, -0.15) is 0 Å². The lowest BCUT2D eigenvalue weighted by Crippen LogP contribution is -2.07. The van der Waals surface area contributed by atoms with Crippen molar-refractivity contribution in [3.05, 3.63) is 41.1 Å². The maximum atomic E-state index is 11.0. The van der Waals surface area contributed by atoms with Gasteiger partial charge in [0.15, 0.2) is 5.69 Å². The lowest BCUT2D eigenvalue weighted by Gasteiger charge is -2.16. The zero-order valence-corrected chi connectivity index (χ0v) is 11.0. The van der Waals surface area contributed by atoms with Crippen LogP contribution < -0.4 is 5.73 Å². The minimum Gasteiger partial charge on any atom is -0.477 e. The molecule has 0 amide bonds. The number of aryl methyl sites for hydroxylation is 2. The molecule has 0 spiro atoms. The highest BCUT2D eigenvalue weighted by Crippen LogP contribution is 2.27. The number of aromatic nitrogens is 2. The van der Waals surface area contributed by atoms with Crippen LogP contribution >= 0.6 is 0 Å². The minimum atomic E-state index is -1.10. The van der Waals surface area contributed by atoms with Crippen LogP contribution in [-0.4, -0.2) is 21.0 Å². The summed E-state index contributed by atoms with van der Waals surface area (Å²) in [4.78, 5) is 18.9. The Morgan fingerprint density at radius 1 is 1.10 bits per heavy atom. The lowest BCUT2D eigenvalue weighted by molar-refractivity contribution is 0.0690. The number of hydrogen-bond acceptors (Lipinski definition) is 4. The fourth-order valence-corrected chi connectivity index (χ4v) is 2.62. The molecule has 20 heavy (non-hydrogen) atoms. The van der Waals surface area contributed by atoms with Crippen molar-refractivity contribution < 1.29 is 9.90 Å². The van der Waals surface area contributed by atoms with Gasteiger partial charge < -0.3 is 10.8 Å². The van der Waals surface area contributed by atoms with Gasteiger partial charge in [-0.15, -0.1) is 0 Å². The molecule has 0 unspecified atom stereocenters. The number of carboxylic acids is 1. The number of aromatic carboxylic acids is 1. The van der Waals surface area contributed by atoms with E-state index in [1.807, 2.05) is 6.07 Å². The second-order valence-corrected chi connectivity index (χ2v) is 4.99. The largest absolute Gasteiger partial charge is 0.477 e. The molecular formula is C15H15N3O2. The first-order valence-electron chi connectivity index (χ1n) is 6.63. The first kappa shape index (κ1) is 12.6. The summed E-state index contributed by atoms with van der Waals surface area (Å²) in [6.07, 6.45) is 4.61. The number of benzene rings is 1. The summed E-state index contributed by atoms with van der Waals surface area (Å²) in [7, 11) is 0. The summed E-state index contributed by atoms with van der Waals surface area (Å²) in [5.41, 5.74) is 9.66. The van der Waals surface area contributed by atoms with E-state index >= 15 is 0 Å². The van der Waals surface area contributed by atoms with Gasteiger partial charge in [0, 0.05) is 5.56 Å². The normalized spacial score (nSPS) is 13.8. The second kappa shape index (κ2) is 4.92. The van der Waals surface area contributed by atoms with Crippen LogP contribution in [0.4, 0.5) is 5.95 Å². The second-order valence-electron chi connectivity index (χ2n) is 4.99. The average Bonchev–Trinajstić information content (AvgIpc) is 2.46. The van der Waals surface area contributed by atoms with Crippen molar-refractivity contribution in [2.45, 2.75) is 25.7 Å². The fraction of sp³-hybridized carbons (Fsp3) is 0.267. The van der Waals surface area contributed by atoms with Gasteiger partial charge in [0.2, 0.25) is 5.95 Å². The third kappa shape index (κ3) is 2.34. The standard InChI is InChI=1S/C15H15N3O2/c16-15-17-12(8-13(18-15)14(19)20)11-6-5-9-3-1-2-4-10(9)7-11/h5-8H,1-4H2,(H,19,20)(H2,16,17,18). The molecule has 0 atom stereocenters. The molecular weight excluding hydrogens is 254 g/mol. The van der Waals surface area contributed by atoms with Gasteiger partial charge in [0.05, 0.1) is 5.69 Å². The van der Waals surface area contributed by atoms with E-state index in [1.165, 1.54) is 30.0 Å². The van der Waals surface area contributed by atoms with Gasteiger partial charge in [-0.3, -0.25) is 0 Å². The topological polar surface area (TPSA) is 89.1 Å². The Hall–Kier alpha value is -2.43. The highest BCUT2D eigenvalue weighted by Gasteiger charge is 2.13. The van der Waals surface area contributed by atoms with Crippen LogP contribution in [0.3, 0.4) is 0 Å². The Labute approximate surface area is 116 Å². The van der Waals surface area contributed by atoms with Crippen molar-refractivity contribution in [2.24, 2.45) is 0 Å². The highest BCUT2D eigenvalue weighted by atomic mass is 16.4. The maximum absolute atomic E-state index is 11.0. The molecule has 0 bridgehead atoms. The summed E-state index contributed by atoms with van der Waals surface area (Å²) in [6.45, 7) is 0. The highest BCUT2D eigenvalue weighted by molar-refractivity contribution is 5.87. The molecule has 1 aliphatic rings. The molecule has 0 aliphatic heterocycles. The molecule has 5 heteroatoms. The van der Waals surface area contributed by atoms with Crippen LogP contribution in [0.1, 0.15) is 34.5 Å². The monoisotopic (exact) mass is 269 g/mol. The molecule has 1 aromatic carbocycles. The Kier molecular flexibility index (Phi) is 3.10. The molecule has 1 aromatic heterocycles. The Morgan fingerprint density at radius 3 is 2.60 bits per heavy atom. The van der Waals surface area contributed by atoms with Crippen LogP contribution in [0.2, 0.25) is 0 Å². The van der Waals surface area contributed by atoms with Gasteiger partial charge in [-0.1, -0.05) is 12.1 Å². The van der Waals surface area contributed by atoms with Crippen molar-refractivity contribution in [1.82, 2.24) is 9.97 Å². The lowest BCUT2D eigenvalue weighted by atomic mass is 9.90. The number of nitrogens with two attached hydrogens (primary N) is 1. The maximum Gasteiger partial charge on any atom is 0.354 e. The van der Waals surface area contributed by atoms with E-state index in [9.17, 15) is 4.79 Å². The molecule has 0 radical (unpaired) electrons. The van der Waals surface area contributed by atoms with E-state index in [4.69, 9.17) is 10.8 Å². The molecule has 2 aromatic rings. The minimum absolute atomic E-state index is 0.0161. The zero-order valence-electron chi connectivity index (χ0n) is 11.0. The molecule has 3 rings (SSSR count). The molecule has 1 aliphatic carbocycles. The third-order valence-electron chi connectivity index (χ3n) is 3.61. The number of anilines is 1. The van der Waals surface area contributed by atoms with Crippen LogP contribution in [-0.2, 0) is 12.8 Å². The van der Waals surface area contributed by atoms with E-state index in [1.54, 1.807) is 0 Å². The number of nitrogen functional groups attached to an aromatic ring is 1. The number of carbonyl (C=O) groups is 1.